The van der Waals surface area contributed by atoms with E-state index >= 15 is 0 Å². The highest BCUT2D eigenvalue weighted by molar-refractivity contribution is 7.12. The van der Waals surface area contributed by atoms with Crippen LogP contribution < -0.4 is 5.32 Å². The summed E-state index contributed by atoms with van der Waals surface area (Å²) in [5, 5.41) is 13.3. The third-order valence-corrected chi connectivity index (χ3v) is 3.51. The lowest BCUT2D eigenvalue weighted by Crippen LogP contribution is -2.16. The molecule has 98 valence electrons. The Hall–Kier alpha value is -2.28. The Morgan fingerprint density at radius 2 is 2.00 bits per heavy atom. The van der Waals surface area contributed by atoms with Crippen LogP contribution in [0.2, 0.25) is 0 Å². The van der Waals surface area contributed by atoms with E-state index in [1.54, 1.807) is 19.2 Å². The Balaban J connectivity index is 2.26. The monoisotopic (exact) mass is 277 g/mol. The first-order valence-electron chi connectivity index (χ1n) is 5.40. The number of anilines is 1. The van der Waals surface area contributed by atoms with E-state index in [9.17, 15) is 9.59 Å². The fourth-order valence-electron chi connectivity index (χ4n) is 1.44. The van der Waals surface area contributed by atoms with Gasteiger partial charge in [-0.3, -0.25) is 9.78 Å². The lowest BCUT2D eigenvalue weighted by molar-refractivity contribution is 0.0703. The topological polar surface area (TPSA) is 92.2 Å². The molecule has 0 bridgehead atoms. The molecule has 0 aliphatic heterocycles. The molecule has 0 atom stereocenters. The standard InChI is InChI=1S/C12H11N3O3S/c1-6-5-19-10(12(17)18)9(6)15-11(16)8-4-13-7(2)3-14-8/h3-5H,1-2H3,(H,15,16)(H,17,18). The van der Waals surface area contributed by atoms with Crippen molar-refractivity contribution >= 4 is 28.9 Å². The van der Waals surface area contributed by atoms with Gasteiger partial charge in [0.2, 0.25) is 0 Å². The molecular weight excluding hydrogens is 266 g/mol. The first-order chi connectivity index (χ1) is 8.99. The maximum absolute atomic E-state index is 11.9. The van der Waals surface area contributed by atoms with Crippen molar-refractivity contribution in [3.63, 3.8) is 0 Å². The van der Waals surface area contributed by atoms with Crippen molar-refractivity contribution in [3.8, 4) is 0 Å². The number of rotatable bonds is 3. The summed E-state index contributed by atoms with van der Waals surface area (Å²) < 4.78 is 0. The molecule has 0 aliphatic carbocycles. The first kappa shape index (κ1) is 13.2. The summed E-state index contributed by atoms with van der Waals surface area (Å²) >= 11 is 1.07. The first-order valence-corrected chi connectivity index (χ1v) is 6.28. The molecule has 2 rings (SSSR count). The minimum absolute atomic E-state index is 0.103. The molecule has 0 fully saturated rings. The van der Waals surface area contributed by atoms with Crippen molar-refractivity contribution in [2.75, 3.05) is 5.32 Å². The Labute approximate surface area is 113 Å². The van der Waals surface area contributed by atoms with E-state index in [-0.39, 0.29) is 10.6 Å². The summed E-state index contributed by atoms with van der Waals surface area (Å²) in [4.78, 5) is 31.0. The highest BCUT2D eigenvalue weighted by Crippen LogP contribution is 2.27. The second kappa shape index (κ2) is 5.15. The number of hydrogen-bond donors (Lipinski definition) is 2. The largest absolute Gasteiger partial charge is 0.477 e. The van der Waals surface area contributed by atoms with E-state index in [1.165, 1.54) is 12.4 Å². The van der Waals surface area contributed by atoms with Crippen LogP contribution in [0.1, 0.15) is 31.4 Å². The van der Waals surface area contributed by atoms with Gasteiger partial charge in [-0.2, -0.15) is 0 Å². The van der Waals surface area contributed by atoms with E-state index in [4.69, 9.17) is 5.11 Å². The maximum atomic E-state index is 11.9. The fraction of sp³-hybridized carbons (Fsp3) is 0.167. The van der Waals surface area contributed by atoms with Crippen molar-refractivity contribution in [3.05, 3.63) is 39.6 Å². The number of carbonyl (C=O) groups is 2. The molecule has 2 heterocycles. The van der Waals surface area contributed by atoms with Gasteiger partial charge < -0.3 is 10.4 Å². The van der Waals surface area contributed by atoms with Crippen LogP contribution in [0.3, 0.4) is 0 Å². The molecule has 2 aromatic rings. The van der Waals surface area contributed by atoms with Crippen LogP contribution in [0.5, 0.6) is 0 Å². The smallest absolute Gasteiger partial charge is 0.348 e. The molecule has 0 saturated heterocycles. The molecule has 0 unspecified atom stereocenters. The molecule has 0 aromatic carbocycles. The third kappa shape index (κ3) is 2.76. The molecule has 0 aliphatic rings. The maximum Gasteiger partial charge on any atom is 0.348 e. The Morgan fingerprint density at radius 3 is 2.58 bits per heavy atom. The third-order valence-electron chi connectivity index (χ3n) is 2.42. The zero-order valence-electron chi connectivity index (χ0n) is 10.3. The molecule has 7 heteroatoms. The average Bonchev–Trinajstić information content (AvgIpc) is 2.72. The summed E-state index contributed by atoms with van der Waals surface area (Å²) in [6.45, 7) is 3.50. The van der Waals surface area contributed by atoms with Gasteiger partial charge in [0.25, 0.3) is 5.91 Å². The van der Waals surface area contributed by atoms with E-state index in [0.717, 1.165) is 11.3 Å². The number of amides is 1. The Kier molecular flexibility index (Phi) is 3.57. The quantitative estimate of drug-likeness (QED) is 0.896. The zero-order valence-corrected chi connectivity index (χ0v) is 11.1. The number of aromatic nitrogens is 2. The van der Waals surface area contributed by atoms with Crippen molar-refractivity contribution in [2.24, 2.45) is 0 Å². The molecule has 2 N–H and O–H groups in total. The van der Waals surface area contributed by atoms with Gasteiger partial charge in [0, 0.05) is 6.20 Å². The molecule has 2 aromatic heterocycles. The van der Waals surface area contributed by atoms with Gasteiger partial charge in [-0.25, -0.2) is 9.78 Å². The molecule has 0 spiro atoms. The molecule has 19 heavy (non-hydrogen) atoms. The van der Waals surface area contributed by atoms with Gasteiger partial charge in [-0.1, -0.05) is 0 Å². The van der Waals surface area contributed by atoms with Crippen molar-refractivity contribution < 1.29 is 14.7 Å². The number of aryl methyl sites for hydroxylation is 2. The van der Waals surface area contributed by atoms with E-state index in [1.807, 2.05) is 0 Å². The van der Waals surface area contributed by atoms with Gasteiger partial charge in [0.1, 0.15) is 10.6 Å². The lowest BCUT2D eigenvalue weighted by Gasteiger charge is -2.05. The van der Waals surface area contributed by atoms with Crippen molar-refractivity contribution in [1.29, 1.82) is 0 Å². The van der Waals surface area contributed by atoms with E-state index in [0.29, 0.717) is 16.9 Å². The summed E-state index contributed by atoms with van der Waals surface area (Å²) in [5.41, 5.74) is 1.86. The van der Waals surface area contributed by atoms with Crippen LogP contribution in [0, 0.1) is 13.8 Å². The second-order valence-electron chi connectivity index (χ2n) is 3.93. The Bertz CT molecular complexity index is 634. The predicted octanol–water partition coefficient (Wildman–Crippen LogP) is 2.11. The number of carboxylic acids is 1. The number of carbonyl (C=O) groups excluding carboxylic acids is 1. The van der Waals surface area contributed by atoms with Crippen LogP contribution >= 0.6 is 11.3 Å². The average molecular weight is 277 g/mol. The number of carboxylic acid groups (broad SMARTS) is 1. The van der Waals surface area contributed by atoms with E-state index < -0.39 is 11.9 Å². The number of nitrogens with one attached hydrogen (secondary N) is 1. The second-order valence-corrected chi connectivity index (χ2v) is 4.80. The van der Waals surface area contributed by atoms with Crippen molar-refractivity contribution in [1.82, 2.24) is 9.97 Å². The number of hydrogen-bond acceptors (Lipinski definition) is 5. The minimum Gasteiger partial charge on any atom is -0.477 e. The molecular formula is C12H11N3O3S. The normalized spacial score (nSPS) is 10.2. The van der Waals surface area contributed by atoms with Gasteiger partial charge in [0.15, 0.2) is 0 Å². The van der Waals surface area contributed by atoms with Crippen LogP contribution in [-0.2, 0) is 0 Å². The highest BCUT2D eigenvalue weighted by atomic mass is 32.1. The van der Waals surface area contributed by atoms with Crippen LogP contribution in [0.4, 0.5) is 5.69 Å². The minimum atomic E-state index is -1.07. The molecule has 6 nitrogen and oxygen atoms in total. The summed E-state index contributed by atoms with van der Waals surface area (Å²) in [7, 11) is 0. The van der Waals surface area contributed by atoms with Crippen LogP contribution in [-0.4, -0.2) is 27.0 Å². The van der Waals surface area contributed by atoms with Gasteiger partial charge in [0.05, 0.1) is 17.6 Å². The number of thiophene rings is 1. The molecule has 0 saturated carbocycles. The summed E-state index contributed by atoms with van der Waals surface area (Å²) in [6.07, 6.45) is 2.83. The molecule has 1 amide bonds. The SMILES string of the molecule is Cc1cnc(C(=O)Nc2c(C)csc2C(=O)O)cn1. The van der Waals surface area contributed by atoms with Crippen molar-refractivity contribution in [2.45, 2.75) is 13.8 Å². The lowest BCUT2D eigenvalue weighted by atomic mass is 10.2. The van der Waals surface area contributed by atoms with Gasteiger partial charge >= 0.3 is 5.97 Å². The fourth-order valence-corrected chi connectivity index (χ4v) is 2.29. The number of aromatic carboxylic acids is 1. The van der Waals surface area contributed by atoms with Crippen LogP contribution in [0.25, 0.3) is 0 Å². The molecule has 0 radical (unpaired) electrons. The Morgan fingerprint density at radius 1 is 1.26 bits per heavy atom. The van der Waals surface area contributed by atoms with Gasteiger partial charge in [-0.15, -0.1) is 11.3 Å². The zero-order chi connectivity index (χ0) is 14.0. The summed E-state index contributed by atoms with van der Waals surface area (Å²) in [5.74, 6) is -1.54. The highest BCUT2D eigenvalue weighted by Gasteiger charge is 2.18. The predicted molar refractivity (Wildman–Crippen MR) is 70.7 cm³/mol. The van der Waals surface area contributed by atoms with Gasteiger partial charge in [-0.05, 0) is 24.8 Å². The summed E-state index contributed by atoms with van der Waals surface area (Å²) in [6, 6.07) is 0. The van der Waals surface area contributed by atoms with Crippen LogP contribution in [0.15, 0.2) is 17.8 Å². The van der Waals surface area contributed by atoms with E-state index in [2.05, 4.69) is 15.3 Å². The number of nitrogens with zero attached hydrogens (tertiary/aromatic N) is 2.